The summed E-state index contributed by atoms with van der Waals surface area (Å²) in [5, 5.41) is 10.4. The van der Waals surface area contributed by atoms with E-state index < -0.39 is 18.0 Å². The van der Waals surface area contributed by atoms with Crippen LogP contribution < -0.4 is 5.32 Å². The van der Waals surface area contributed by atoms with E-state index >= 15 is 0 Å². The van der Waals surface area contributed by atoms with Gasteiger partial charge in [-0.1, -0.05) is 23.2 Å². The Morgan fingerprint density at radius 1 is 1.35 bits per heavy atom. The monoisotopic (exact) mass is 357 g/mol. The van der Waals surface area contributed by atoms with E-state index in [1.165, 1.54) is 18.2 Å². The second kappa shape index (κ2) is 7.43. The third kappa shape index (κ3) is 4.67. The summed E-state index contributed by atoms with van der Waals surface area (Å²) in [5.41, 5.74) is 0.212. The normalized spacial score (nSPS) is 11.8. The molecule has 0 aliphatic carbocycles. The first-order valence-corrected chi connectivity index (χ1v) is 7.35. The van der Waals surface area contributed by atoms with Crippen LogP contribution in [0.2, 0.25) is 10.0 Å². The van der Waals surface area contributed by atoms with Crippen molar-refractivity contribution in [3.05, 3.63) is 45.6 Å². The summed E-state index contributed by atoms with van der Waals surface area (Å²) in [4.78, 5) is 23.7. The third-order valence-electron chi connectivity index (χ3n) is 2.77. The van der Waals surface area contributed by atoms with Crippen LogP contribution in [0.3, 0.4) is 0 Å². The Morgan fingerprint density at radius 3 is 2.70 bits per heavy atom. The summed E-state index contributed by atoms with van der Waals surface area (Å²) in [6.45, 7) is 2.89. The van der Waals surface area contributed by atoms with Crippen LogP contribution in [0.1, 0.15) is 35.2 Å². The number of hydrogen-bond donors (Lipinski definition) is 1. The minimum absolute atomic E-state index is 0.183. The van der Waals surface area contributed by atoms with Crippen molar-refractivity contribution < 1.29 is 18.7 Å². The lowest BCUT2D eigenvalue weighted by molar-refractivity contribution is -0.148. The molecule has 2 rings (SSSR count). The molecule has 0 bridgehead atoms. The van der Waals surface area contributed by atoms with Gasteiger partial charge in [0.05, 0.1) is 10.6 Å². The Balaban J connectivity index is 1.87. The predicted octanol–water partition coefficient (Wildman–Crippen LogP) is 2.72. The maximum atomic E-state index is 12.0. The number of halogens is 2. The van der Waals surface area contributed by atoms with Gasteiger partial charge in [0.2, 0.25) is 5.89 Å². The van der Waals surface area contributed by atoms with Crippen molar-refractivity contribution in [3.8, 4) is 0 Å². The number of carbonyl (C=O) groups is 2. The van der Waals surface area contributed by atoms with Crippen molar-refractivity contribution in [2.75, 3.05) is 6.54 Å². The number of esters is 1. The van der Waals surface area contributed by atoms with Crippen LogP contribution >= 0.6 is 23.2 Å². The molecule has 122 valence electrons. The van der Waals surface area contributed by atoms with E-state index in [-0.39, 0.29) is 23.0 Å². The van der Waals surface area contributed by atoms with Crippen molar-refractivity contribution >= 4 is 35.1 Å². The molecule has 0 spiro atoms. The van der Waals surface area contributed by atoms with Crippen molar-refractivity contribution in [1.82, 2.24) is 15.5 Å². The topological polar surface area (TPSA) is 94.3 Å². The third-order valence-corrected chi connectivity index (χ3v) is 3.31. The molecule has 1 unspecified atom stereocenters. The van der Waals surface area contributed by atoms with Crippen LogP contribution in [0, 0.1) is 6.92 Å². The van der Waals surface area contributed by atoms with Crippen LogP contribution in [-0.2, 0) is 9.53 Å². The maximum Gasteiger partial charge on any atom is 0.326 e. The summed E-state index contributed by atoms with van der Waals surface area (Å²) >= 11 is 11.7. The lowest BCUT2D eigenvalue weighted by Crippen LogP contribution is -2.31. The number of carbonyl (C=O) groups excluding carboxylic acids is 2. The predicted molar refractivity (Wildman–Crippen MR) is 82.3 cm³/mol. The van der Waals surface area contributed by atoms with Gasteiger partial charge < -0.3 is 14.5 Å². The molecule has 0 aliphatic rings. The summed E-state index contributed by atoms with van der Waals surface area (Å²) in [6.07, 6.45) is -0.709. The average Bonchev–Trinajstić information content (AvgIpc) is 2.91. The van der Waals surface area contributed by atoms with Gasteiger partial charge in [0.15, 0.2) is 6.10 Å². The van der Waals surface area contributed by atoms with Crippen molar-refractivity contribution in [2.24, 2.45) is 0 Å². The highest BCUT2D eigenvalue weighted by Gasteiger charge is 2.18. The molecule has 1 aromatic heterocycles. The molecule has 0 aliphatic heterocycles. The standard InChI is InChI=1S/C14H13Cl2N3O4/c1-7(14-19-18-8(2)23-14)22-12(20)6-17-13(21)10-4-3-9(15)5-11(10)16/h3-5,7H,6H2,1-2H3,(H,17,21). The SMILES string of the molecule is Cc1nnc(C(C)OC(=O)CNC(=O)c2ccc(Cl)cc2Cl)o1. The highest BCUT2D eigenvalue weighted by molar-refractivity contribution is 6.36. The minimum Gasteiger partial charge on any atom is -0.451 e. The number of amides is 1. The number of nitrogens with zero attached hydrogens (tertiary/aromatic N) is 2. The van der Waals surface area contributed by atoms with Gasteiger partial charge >= 0.3 is 5.97 Å². The van der Waals surface area contributed by atoms with E-state index in [4.69, 9.17) is 32.4 Å². The molecule has 0 radical (unpaired) electrons. The van der Waals surface area contributed by atoms with Crippen molar-refractivity contribution in [3.63, 3.8) is 0 Å². The van der Waals surface area contributed by atoms with Crippen LogP contribution in [0.5, 0.6) is 0 Å². The molecule has 9 heteroatoms. The first-order chi connectivity index (χ1) is 10.9. The molecule has 0 saturated carbocycles. The lowest BCUT2D eigenvalue weighted by Gasteiger charge is -2.10. The number of benzene rings is 1. The summed E-state index contributed by atoms with van der Waals surface area (Å²) in [5.74, 6) is -0.604. The molecule has 7 nitrogen and oxygen atoms in total. The number of aryl methyl sites for hydroxylation is 1. The largest absolute Gasteiger partial charge is 0.451 e. The van der Waals surface area contributed by atoms with Crippen molar-refractivity contribution in [1.29, 1.82) is 0 Å². The zero-order valence-corrected chi connectivity index (χ0v) is 13.8. The van der Waals surface area contributed by atoms with Gasteiger partial charge in [0.25, 0.3) is 11.8 Å². The van der Waals surface area contributed by atoms with Gasteiger partial charge in [-0.2, -0.15) is 0 Å². The van der Waals surface area contributed by atoms with Gasteiger partial charge in [-0.05, 0) is 25.1 Å². The molecular formula is C14H13Cl2N3O4. The molecule has 1 atom stereocenters. The highest BCUT2D eigenvalue weighted by Crippen LogP contribution is 2.20. The molecule has 0 fully saturated rings. The zero-order chi connectivity index (χ0) is 17.0. The van der Waals surface area contributed by atoms with Crippen LogP contribution in [0.4, 0.5) is 0 Å². The van der Waals surface area contributed by atoms with E-state index in [0.29, 0.717) is 10.9 Å². The van der Waals surface area contributed by atoms with Crippen LogP contribution in [-0.4, -0.2) is 28.6 Å². The van der Waals surface area contributed by atoms with Gasteiger partial charge in [0, 0.05) is 11.9 Å². The van der Waals surface area contributed by atoms with E-state index in [2.05, 4.69) is 15.5 Å². The second-order valence-electron chi connectivity index (χ2n) is 4.60. The number of hydrogen-bond acceptors (Lipinski definition) is 6. The number of ether oxygens (including phenoxy) is 1. The van der Waals surface area contributed by atoms with E-state index in [0.717, 1.165) is 0 Å². The Labute approximate surface area is 141 Å². The summed E-state index contributed by atoms with van der Waals surface area (Å²) < 4.78 is 10.2. The first-order valence-electron chi connectivity index (χ1n) is 6.59. The number of aromatic nitrogens is 2. The molecule has 2 aromatic rings. The van der Waals surface area contributed by atoms with Crippen LogP contribution in [0.15, 0.2) is 22.6 Å². The zero-order valence-electron chi connectivity index (χ0n) is 12.3. The fourth-order valence-corrected chi connectivity index (χ4v) is 2.18. The highest BCUT2D eigenvalue weighted by atomic mass is 35.5. The Bertz CT molecular complexity index is 733. The number of nitrogens with one attached hydrogen (secondary N) is 1. The molecule has 1 aromatic carbocycles. The van der Waals surface area contributed by atoms with Gasteiger partial charge in [0.1, 0.15) is 6.54 Å². The second-order valence-corrected chi connectivity index (χ2v) is 5.44. The fourth-order valence-electron chi connectivity index (χ4n) is 1.69. The molecule has 0 saturated heterocycles. The van der Waals surface area contributed by atoms with Crippen molar-refractivity contribution in [2.45, 2.75) is 20.0 Å². The molecule has 1 N–H and O–H groups in total. The maximum absolute atomic E-state index is 12.0. The summed E-state index contributed by atoms with van der Waals surface area (Å²) in [7, 11) is 0. The van der Waals surface area contributed by atoms with E-state index in [1.807, 2.05) is 0 Å². The fraction of sp³-hybridized carbons (Fsp3) is 0.286. The Kier molecular flexibility index (Phi) is 5.57. The molecule has 1 heterocycles. The van der Waals surface area contributed by atoms with Gasteiger partial charge in [-0.15, -0.1) is 10.2 Å². The van der Waals surface area contributed by atoms with E-state index in [1.54, 1.807) is 13.8 Å². The average molecular weight is 358 g/mol. The molecular weight excluding hydrogens is 345 g/mol. The number of rotatable bonds is 5. The molecule has 1 amide bonds. The first kappa shape index (κ1) is 17.2. The lowest BCUT2D eigenvalue weighted by atomic mass is 10.2. The smallest absolute Gasteiger partial charge is 0.326 e. The van der Waals surface area contributed by atoms with E-state index in [9.17, 15) is 9.59 Å². The van der Waals surface area contributed by atoms with Gasteiger partial charge in [-0.3, -0.25) is 9.59 Å². The Hall–Kier alpha value is -2.12. The summed E-state index contributed by atoms with van der Waals surface area (Å²) in [6, 6.07) is 4.44. The molecule has 23 heavy (non-hydrogen) atoms. The minimum atomic E-state index is -0.709. The van der Waals surface area contributed by atoms with Crippen LogP contribution in [0.25, 0.3) is 0 Å². The van der Waals surface area contributed by atoms with Gasteiger partial charge in [-0.25, -0.2) is 0 Å². The quantitative estimate of drug-likeness (QED) is 0.826. The Morgan fingerprint density at radius 2 is 2.09 bits per heavy atom.